The van der Waals surface area contributed by atoms with E-state index in [4.69, 9.17) is 11.6 Å². The molecule has 2 aromatic carbocycles. The Bertz CT molecular complexity index is 911. The summed E-state index contributed by atoms with van der Waals surface area (Å²) in [7, 11) is -3.92. The normalized spacial score (nSPS) is 13.2. The second kappa shape index (κ2) is 9.77. The maximum Gasteiger partial charge on any atom is 0.322 e. The van der Waals surface area contributed by atoms with Gasteiger partial charge in [0.25, 0.3) is 0 Å². The smallest absolute Gasteiger partial charge is 0.322 e. The van der Waals surface area contributed by atoms with Crippen LogP contribution in [0.4, 0.5) is 0 Å². The lowest BCUT2D eigenvalue weighted by Crippen LogP contribution is -2.30. The van der Waals surface area contributed by atoms with Crippen molar-refractivity contribution in [3.63, 3.8) is 0 Å². The summed E-state index contributed by atoms with van der Waals surface area (Å²) in [5.74, 6) is -1.29. The summed E-state index contributed by atoms with van der Waals surface area (Å²) in [6.07, 6.45) is 3.15. The van der Waals surface area contributed by atoms with Gasteiger partial charge in [0.1, 0.15) is 0 Å². The lowest BCUT2D eigenvalue weighted by atomic mass is 9.87. The molecule has 2 rings (SSSR count). The van der Waals surface area contributed by atoms with Gasteiger partial charge in [-0.3, -0.25) is 4.79 Å². The van der Waals surface area contributed by atoms with Gasteiger partial charge in [0, 0.05) is 5.02 Å². The molecule has 0 bridgehead atoms. The number of unbranched alkanes of at least 4 members (excludes halogenated alkanes) is 2. The Morgan fingerprint density at radius 2 is 1.55 bits per heavy atom. The Hall–Kier alpha value is -1.85. The molecule has 0 heterocycles. The average molecular weight is 437 g/mol. The minimum absolute atomic E-state index is 0.0686. The van der Waals surface area contributed by atoms with Gasteiger partial charge < -0.3 is 5.11 Å². The Kier molecular flexibility index (Phi) is 7.89. The SMILES string of the molecule is CC(C)(C)c1ccc(S(=O)(=O)C(CCCCCc2ccc(Cl)cc2)C(=O)O)cc1. The van der Waals surface area contributed by atoms with E-state index in [1.807, 2.05) is 45.0 Å². The Morgan fingerprint density at radius 3 is 2.07 bits per heavy atom. The molecule has 2 aromatic rings. The van der Waals surface area contributed by atoms with Gasteiger partial charge in [-0.05, 0) is 60.1 Å². The topological polar surface area (TPSA) is 71.4 Å². The first-order valence-corrected chi connectivity index (χ1v) is 11.8. The summed E-state index contributed by atoms with van der Waals surface area (Å²) in [6.45, 7) is 6.13. The summed E-state index contributed by atoms with van der Waals surface area (Å²) in [5.41, 5.74) is 2.07. The molecule has 0 spiro atoms. The number of benzene rings is 2. The molecule has 0 saturated heterocycles. The van der Waals surface area contributed by atoms with Gasteiger partial charge in [-0.2, -0.15) is 0 Å². The van der Waals surface area contributed by atoms with Crippen LogP contribution in [0.3, 0.4) is 0 Å². The Morgan fingerprint density at radius 1 is 0.966 bits per heavy atom. The number of aryl methyl sites for hydroxylation is 1. The highest BCUT2D eigenvalue weighted by Gasteiger charge is 2.33. The maximum absolute atomic E-state index is 12.9. The number of carbonyl (C=O) groups is 1. The van der Waals surface area contributed by atoms with Crippen LogP contribution in [0.5, 0.6) is 0 Å². The van der Waals surface area contributed by atoms with Crippen LogP contribution < -0.4 is 0 Å². The van der Waals surface area contributed by atoms with Crippen molar-refractivity contribution in [3.8, 4) is 0 Å². The van der Waals surface area contributed by atoms with Gasteiger partial charge in [0.05, 0.1) is 4.90 Å². The van der Waals surface area contributed by atoms with Crippen molar-refractivity contribution in [1.29, 1.82) is 0 Å². The van der Waals surface area contributed by atoms with Crippen LogP contribution in [0.25, 0.3) is 0 Å². The number of hydrogen-bond acceptors (Lipinski definition) is 3. The maximum atomic E-state index is 12.9. The predicted molar refractivity (Wildman–Crippen MR) is 117 cm³/mol. The van der Waals surface area contributed by atoms with E-state index in [0.29, 0.717) is 11.4 Å². The lowest BCUT2D eigenvalue weighted by Gasteiger charge is -2.20. The molecule has 0 aliphatic heterocycles. The fourth-order valence-corrected chi connectivity index (χ4v) is 4.92. The van der Waals surface area contributed by atoms with Gasteiger partial charge >= 0.3 is 5.97 Å². The zero-order valence-electron chi connectivity index (χ0n) is 17.2. The number of rotatable bonds is 9. The quantitative estimate of drug-likeness (QED) is 0.514. The van der Waals surface area contributed by atoms with E-state index in [9.17, 15) is 18.3 Å². The summed E-state index contributed by atoms with van der Waals surface area (Å²) in [4.78, 5) is 11.7. The van der Waals surface area contributed by atoms with Crippen LogP contribution in [0.1, 0.15) is 57.6 Å². The molecule has 29 heavy (non-hydrogen) atoms. The summed E-state index contributed by atoms with van der Waals surface area (Å²) in [6, 6.07) is 14.2. The van der Waals surface area contributed by atoms with Crippen LogP contribution in [-0.2, 0) is 26.5 Å². The first kappa shape index (κ1) is 23.4. The van der Waals surface area contributed by atoms with Gasteiger partial charge in [0.2, 0.25) is 0 Å². The number of carboxylic acids is 1. The van der Waals surface area contributed by atoms with Crippen molar-refractivity contribution in [2.75, 3.05) is 0 Å². The molecule has 0 amide bonds. The van der Waals surface area contributed by atoms with Crippen LogP contribution in [-0.4, -0.2) is 24.7 Å². The first-order valence-electron chi connectivity index (χ1n) is 9.83. The van der Waals surface area contributed by atoms with Crippen LogP contribution >= 0.6 is 11.6 Å². The minimum atomic E-state index is -3.92. The second-order valence-corrected chi connectivity index (χ2v) is 10.9. The van der Waals surface area contributed by atoms with E-state index in [0.717, 1.165) is 30.4 Å². The van der Waals surface area contributed by atoms with E-state index in [1.165, 1.54) is 12.1 Å². The van der Waals surface area contributed by atoms with Crippen molar-refractivity contribution in [1.82, 2.24) is 0 Å². The zero-order valence-corrected chi connectivity index (χ0v) is 18.8. The molecular formula is C23H29ClO4S. The number of aliphatic carboxylic acids is 1. The van der Waals surface area contributed by atoms with Crippen molar-refractivity contribution in [3.05, 3.63) is 64.7 Å². The number of sulfone groups is 1. The van der Waals surface area contributed by atoms with Crippen molar-refractivity contribution in [2.24, 2.45) is 0 Å². The Labute approximate surface area is 178 Å². The summed E-state index contributed by atoms with van der Waals surface area (Å²) in [5, 5.41) is 8.80. The van der Waals surface area contributed by atoms with Crippen molar-refractivity contribution in [2.45, 2.75) is 68.4 Å². The third kappa shape index (κ3) is 6.58. The predicted octanol–water partition coefficient (Wildman–Crippen LogP) is 5.67. The van der Waals surface area contributed by atoms with Gasteiger partial charge in [-0.1, -0.05) is 69.5 Å². The highest BCUT2D eigenvalue weighted by Crippen LogP contribution is 2.26. The zero-order chi connectivity index (χ0) is 21.7. The van der Waals surface area contributed by atoms with Crippen LogP contribution in [0, 0.1) is 0 Å². The molecule has 0 aliphatic rings. The second-order valence-electron chi connectivity index (χ2n) is 8.37. The third-order valence-corrected chi connectivity index (χ3v) is 7.41. The number of carboxylic acid groups (broad SMARTS) is 1. The van der Waals surface area contributed by atoms with E-state index >= 15 is 0 Å². The molecule has 0 aromatic heterocycles. The lowest BCUT2D eigenvalue weighted by molar-refractivity contribution is -0.136. The largest absolute Gasteiger partial charge is 0.480 e. The first-order chi connectivity index (χ1) is 13.5. The molecular weight excluding hydrogens is 408 g/mol. The summed E-state index contributed by atoms with van der Waals surface area (Å²) >= 11 is 5.87. The minimum Gasteiger partial charge on any atom is -0.480 e. The molecule has 158 valence electrons. The van der Waals surface area contributed by atoms with Gasteiger partial charge in [-0.25, -0.2) is 8.42 Å². The molecule has 0 saturated carbocycles. The van der Waals surface area contributed by atoms with E-state index < -0.39 is 21.1 Å². The molecule has 6 heteroatoms. The standard InChI is InChI=1S/C23H29ClO4S/c1-23(2,3)18-11-15-20(16-12-18)29(27,28)21(22(25)26)8-6-4-5-7-17-9-13-19(24)14-10-17/h9-16,21H,4-8H2,1-3H3,(H,25,26). The van der Waals surface area contributed by atoms with E-state index in [-0.39, 0.29) is 16.7 Å². The van der Waals surface area contributed by atoms with Gasteiger partial charge in [-0.15, -0.1) is 0 Å². The molecule has 1 N–H and O–H groups in total. The number of hydrogen-bond donors (Lipinski definition) is 1. The van der Waals surface area contributed by atoms with Crippen molar-refractivity contribution >= 4 is 27.4 Å². The average Bonchev–Trinajstić information content (AvgIpc) is 2.65. The fourth-order valence-electron chi connectivity index (χ4n) is 3.21. The molecule has 0 radical (unpaired) electrons. The molecule has 0 aliphatic carbocycles. The van der Waals surface area contributed by atoms with Gasteiger partial charge in [0.15, 0.2) is 15.1 Å². The van der Waals surface area contributed by atoms with E-state index in [1.54, 1.807) is 12.1 Å². The molecule has 4 nitrogen and oxygen atoms in total. The number of halogens is 1. The fraction of sp³-hybridized carbons (Fsp3) is 0.435. The molecule has 1 unspecified atom stereocenters. The summed E-state index contributed by atoms with van der Waals surface area (Å²) < 4.78 is 25.7. The Balaban J connectivity index is 1.97. The van der Waals surface area contributed by atoms with Crippen LogP contribution in [0.2, 0.25) is 5.02 Å². The molecule has 0 fully saturated rings. The molecule has 1 atom stereocenters. The highest BCUT2D eigenvalue weighted by molar-refractivity contribution is 7.92. The van der Waals surface area contributed by atoms with Crippen LogP contribution in [0.15, 0.2) is 53.4 Å². The van der Waals surface area contributed by atoms with E-state index in [2.05, 4.69) is 0 Å². The van der Waals surface area contributed by atoms with Crippen molar-refractivity contribution < 1.29 is 18.3 Å². The highest BCUT2D eigenvalue weighted by atomic mass is 35.5. The monoisotopic (exact) mass is 436 g/mol. The third-order valence-electron chi connectivity index (χ3n) is 5.04.